The number of carbonyl (C=O) groups excluding carboxylic acids is 2. The molecule has 2 aromatic carbocycles. The second-order valence-electron chi connectivity index (χ2n) is 5.49. The molecular formula is C19H21NO5. The van der Waals surface area contributed by atoms with Crippen LogP contribution in [-0.2, 0) is 32.1 Å². The molecule has 6 heteroatoms. The van der Waals surface area contributed by atoms with Crippen molar-refractivity contribution in [3.63, 3.8) is 0 Å². The highest BCUT2D eigenvalue weighted by atomic mass is 16.5. The molecular weight excluding hydrogens is 322 g/mol. The molecule has 0 fully saturated rings. The number of benzene rings is 2. The SMILES string of the molecule is COC(=O)C(Cc1ccc(O)cc1)NC(=O)COCc1ccccc1. The monoisotopic (exact) mass is 343 g/mol. The van der Waals surface area contributed by atoms with Gasteiger partial charge >= 0.3 is 5.97 Å². The highest BCUT2D eigenvalue weighted by Crippen LogP contribution is 2.12. The third-order valence-electron chi connectivity index (χ3n) is 3.54. The number of rotatable bonds is 8. The Morgan fingerprint density at radius 1 is 1.04 bits per heavy atom. The molecule has 25 heavy (non-hydrogen) atoms. The minimum Gasteiger partial charge on any atom is -0.508 e. The Hall–Kier alpha value is -2.86. The molecule has 0 radical (unpaired) electrons. The maximum Gasteiger partial charge on any atom is 0.328 e. The van der Waals surface area contributed by atoms with Crippen LogP contribution in [0, 0.1) is 0 Å². The van der Waals surface area contributed by atoms with Crippen molar-refractivity contribution in [2.24, 2.45) is 0 Å². The van der Waals surface area contributed by atoms with E-state index in [0.717, 1.165) is 11.1 Å². The number of esters is 1. The van der Waals surface area contributed by atoms with Crippen molar-refractivity contribution in [3.05, 3.63) is 65.7 Å². The van der Waals surface area contributed by atoms with Crippen LogP contribution in [0.2, 0.25) is 0 Å². The largest absolute Gasteiger partial charge is 0.508 e. The first-order valence-corrected chi connectivity index (χ1v) is 7.85. The van der Waals surface area contributed by atoms with Crippen molar-refractivity contribution < 1.29 is 24.2 Å². The third-order valence-corrected chi connectivity index (χ3v) is 3.54. The van der Waals surface area contributed by atoms with Gasteiger partial charge < -0.3 is 19.9 Å². The number of hydrogen-bond donors (Lipinski definition) is 2. The number of aromatic hydroxyl groups is 1. The van der Waals surface area contributed by atoms with Gasteiger partial charge in [0.1, 0.15) is 18.4 Å². The molecule has 0 aliphatic rings. The molecule has 1 amide bonds. The van der Waals surface area contributed by atoms with Crippen molar-refractivity contribution >= 4 is 11.9 Å². The first-order valence-electron chi connectivity index (χ1n) is 7.85. The van der Waals surface area contributed by atoms with E-state index < -0.39 is 17.9 Å². The zero-order chi connectivity index (χ0) is 18.1. The summed E-state index contributed by atoms with van der Waals surface area (Å²) < 4.78 is 10.1. The van der Waals surface area contributed by atoms with Crippen LogP contribution < -0.4 is 5.32 Å². The molecule has 0 spiro atoms. The predicted octanol–water partition coefficient (Wildman–Crippen LogP) is 1.81. The fraction of sp³-hybridized carbons (Fsp3) is 0.263. The smallest absolute Gasteiger partial charge is 0.328 e. The molecule has 0 saturated carbocycles. The topological polar surface area (TPSA) is 84.9 Å². The van der Waals surface area contributed by atoms with E-state index in [-0.39, 0.29) is 18.8 Å². The number of amides is 1. The van der Waals surface area contributed by atoms with Gasteiger partial charge in [0.25, 0.3) is 0 Å². The van der Waals surface area contributed by atoms with E-state index in [2.05, 4.69) is 5.32 Å². The van der Waals surface area contributed by atoms with Crippen molar-refractivity contribution in [2.45, 2.75) is 19.1 Å². The molecule has 0 aliphatic carbocycles. The predicted molar refractivity (Wildman–Crippen MR) is 91.9 cm³/mol. The molecule has 2 aromatic rings. The molecule has 132 valence electrons. The summed E-state index contributed by atoms with van der Waals surface area (Å²) >= 11 is 0. The summed E-state index contributed by atoms with van der Waals surface area (Å²) in [6.45, 7) is 0.160. The number of phenolic OH excluding ortho intramolecular Hbond substituents is 1. The maximum absolute atomic E-state index is 12.0. The number of phenols is 1. The van der Waals surface area contributed by atoms with Crippen molar-refractivity contribution in [1.82, 2.24) is 5.32 Å². The normalized spacial score (nSPS) is 11.6. The highest BCUT2D eigenvalue weighted by molar-refractivity contribution is 5.85. The van der Waals surface area contributed by atoms with Crippen LogP contribution >= 0.6 is 0 Å². The first kappa shape index (κ1) is 18.5. The highest BCUT2D eigenvalue weighted by Gasteiger charge is 2.22. The minimum atomic E-state index is -0.817. The van der Waals surface area contributed by atoms with E-state index in [4.69, 9.17) is 9.47 Å². The lowest BCUT2D eigenvalue weighted by molar-refractivity contribution is -0.145. The Balaban J connectivity index is 1.86. The van der Waals surface area contributed by atoms with Crippen LogP contribution in [0.15, 0.2) is 54.6 Å². The quantitative estimate of drug-likeness (QED) is 0.714. The molecule has 2 rings (SSSR count). The van der Waals surface area contributed by atoms with E-state index in [0.29, 0.717) is 6.61 Å². The third kappa shape index (κ3) is 6.27. The Kier molecular flexibility index (Phi) is 6.98. The molecule has 1 unspecified atom stereocenters. The number of methoxy groups -OCH3 is 1. The van der Waals surface area contributed by atoms with Crippen molar-refractivity contribution in [2.75, 3.05) is 13.7 Å². The molecule has 0 aliphatic heterocycles. The fourth-order valence-electron chi connectivity index (χ4n) is 2.28. The van der Waals surface area contributed by atoms with Crippen LogP contribution in [0.1, 0.15) is 11.1 Å². The van der Waals surface area contributed by atoms with Crippen LogP contribution in [-0.4, -0.2) is 36.7 Å². The molecule has 0 aromatic heterocycles. The van der Waals surface area contributed by atoms with Gasteiger partial charge in [0.05, 0.1) is 13.7 Å². The molecule has 1 atom stereocenters. The van der Waals surface area contributed by atoms with Crippen LogP contribution in [0.25, 0.3) is 0 Å². The van der Waals surface area contributed by atoms with Gasteiger partial charge in [-0.15, -0.1) is 0 Å². The summed E-state index contributed by atoms with van der Waals surface area (Å²) in [6, 6.07) is 15.1. The number of carbonyl (C=O) groups is 2. The van der Waals surface area contributed by atoms with Gasteiger partial charge in [-0.25, -0.2) is 4.79 Å². The molecule has 0 saturated heterocycles. The van der Waals surface area contributed by atoms with Gasteiger partial charge in [-0.05, 0) is 23.3 Å². The average molecular weight is 343 g/mol. The molecule has 6 nitrogen and oxygen atoms in total. The first-order chi connectivity index (χ1) is 12.1. The van der Waals surface area contributed by atoms with E-state index in [1.807, 2.05) is 30.3 Å². The number of hydrogen-bond acceptors (Lipinski definition) is 5. The maximum atomic E-state index is 12.0. The van der Waals surface area contributed by atoms with Gasteiger partial charge in [-0.1, -0.05) is 42.5 Å². The average Bonchev–Trinajstić information content (AvgIpc) is 2.63. The van der Waals surface area contributed by atoms with Gasteiger partial charge in [0.2, 0.25) is 5.91 Å². The Morgan fingerprint density at radius 3 is 2.36 bits per heavy atom. The Bertz CT molecular complexity index is 685. The Morgan fingerprint density at radius 2 is 1.72 bits per heavy atom. The summed E-state index contributed by atoms with van der Waals surface area (Å²) in [5, 5.41) is 11.9. The minimum absolute atomic E-state index is 0.136. The summed E-state index contributed by atoms with van der Waals surface area (Å²) in [7, 11) is 1.27. The standard InChI is InChI=1S/C19H21NO5/c1-24-19(23)17(11-14-7-9-16(21)10-8-14)20-18(22)13-25-12-15-5-3-2-4-6-15/h2-10,17,21H,11-13H2,1H3,(H,20,22). The van der Waals surface area contributed by atoms with Gasteiger partial charge in [0, 0.05) is 6.42 Å². The van der Waals surface area contributed by atoms with Gasteiger partial charge in [-0.2, -0.15) is 0 Å². The molecule has 2 N–H and O–H groups in total. The van der Waals surface area contributed by atoms with E-state index in [1.54, 1.807) is 12.1 Å². The summed E-state index contributed by atoms with van der Waals surface area (Å²) in [5.41, 5.74) is 1.75. The second kappa shape index (κ2) is 9.44. The van der Waals surface area contributed by atoms with Crippen LogP contribution in [0.3, 0.4) is 0 Å². The van der Waals surface area contributed by atoms with Crippen LogP contribution in [0.4, 0.5) is 0 Å². The van der Waals surface area contributed by atoms with Crippen LogP contribution in [0.5, 0.6) is 5.75 Å². The zero-order valence-corrected chi connectivity index (χ0v) is 14.0. The lowest BCUT2D eigenvalue weighted by Gasteiger charge is -2.16. The van der Waals surface area contributed by atoms with E-state index in [1.165, 1.54) is 19.2 Å². The summed E-state index contributed by atoms with van der Waals surface area (Å²) in [6.07, 6.45) is 0.261. The van der Waals surface area contributed by atoms with Crippen molar-refractivity contribution in [1.29, 1.82) is 0 Å². The van der Waals surface area contributed by atoms with E-state index in [9.17, 15) is 14.7 Å². The van der Waals surface area contributed by atoms with E-state index >= 15 is 0 Å². The number of ether oxygens (including phenoxy) is 2. The van der Waals surface area contributed by atoms with Gasteiger partial charge in [-0.3, -0.25) is 4.79 Å². The summed E-state index contributed by atoms with van der Waals surface area (Å²) in [4.78, 5) is 23.9. The molecule has 0 heterocycles. The molecule has 0 bridgehead atoms. The summed E-state index contributed by atoms with van der Waals surface area (Å²) in [5.74, 6) is -0.800. The van der Waals surface area contributed by atoms with Crippen molar-refractivity contribution in [3.8, 4) is 5.75 Å². The Labute approximate surface area is 146 Å². The zero-order valence-electron chi connectivity index (χ0n) is 14.0. The lowest BCUT2D eigenvalue weighted by Crippen LogP contribution is -2.44. The second-order valence-corrected chi connectivity index (χ2v) is 5.49. The fourth-order valence-corrected chi connectivity index (χ4v) is 2.28. The van der Waals surface area contributed by atoms with Gasteiger partial charge in [0.15, 0.2) is 0 Å². The number of nitrogens with one attached hydrogen (secondary N) is 1. The lowest BCUT2D eigenvalue weighted by atomic mass is 10.1.